The topological polar surface area (TPSA) is 89.9 Å². The van der Waals surface area contributed by atoms with Crippen molar-refractivity contribution in [1.29, 1.82) is 0 Å². The fourth-order valence-electron chi connectivity index (χ4n) is 2.70. The van der Waals surface area contributed by atoms with E-state index in [1.165, 1.54) is 25.1 Å². The molecule has 0 aliphatic carbocycles. The van der Waals surface area contributed by atoms with E-state index in [4.69, 9.17) is 0 Å². The number of benzene rings is 2. The molecule has 8 heteroatoms. The van der Waals surface area contributed by atoms with Crippen LogP contribution < -0.4 is 10.2 Å². The van der Waals surface area contributed by atoms with Crippen LogP contribution in [0.4, 0.5) is 10.1 Å². The molecule has 1 atom stereocenters. The van der Waals surface area contributed by atoms with Crippen LogP contribution in [0.3, 0.4) is 0 Å². The van der Waals surface area contributed by atoms with Crippen LogP contribution in [0.5, 0.6) is 0 Å². The van der Waals surface area contributed by atoms with Gasteiger partial charge in [-0.2, -0.15) is 0 Å². The van der Waals surface area contributed by atoms with Crippen molar-refractivity contribution in [3.8, 4) is 0 Å². The van der Waals surface area contributed by atoms with Crippen LogP contribution in [-0.4, -0.2) is 41.5 Å². The average molecular weight is 372 g/mol. The lowest BCUT2D eigenvalue weighted by Gasteiger charge is -2.23. The minimum Gasteiger partial charge on any atom is -0.426 e. The number of hydrogen-bond donors (Lipinski definition) is 3. The molecule has 0 heterocycles. The minimum atomic E-state index is -1.75. The molecule has 0 saturated carbocycles. The average Bonchev–Trinajstić information content (AvgIpc) is 2.64. The summed E-state index contributed by atoms with van der Waals surface area (Å²) in [5.74, 6) is -2.64. The monoisotopic (exact) mass is 372 g/mol. The highest BCUT2D eigenvalue weighted by atomic mass is 19.1. The van der Waals surface area contributed by atoms with Crippen LogP contribution in [0.25, 0.3) is 0 Å². The summed E-state index contributed by atoms with van der Waals surface area (Å²) in [7, 11) is -1.75. The molecule has 0 bridgehead atoms. The van der Waals surface area contributed by atoms with Crippen LogP contribution >= 0.6 is 0 Å². The third kappa shape index (κ3) is 6.19. The van der Waals surface area contributed by atoms with E-state index >= 15 is 0 Å². The predicted molar refractivity (Wildman–Crippen MR) is 101 cm³/mol. The fourth-order valence-corrected chi connectivity index (χ4v) is 2.70. The molecule has 0 aromatic heterocycles. The number of carbonyl (C=O) groups is 2. The second-order valence-corrected chi connectivity index (χ2v) is 6.17. The zero-order chi connectivity index (χ0) is 19.8. The number of nitrogens with one attached hydrogen (secondary N) is 1. The van der Waals surface area contributed by atoms with Crippen molar-refractivity contribution < 1.29 is 24.0 Å². The Bertz CT molecular complexity index is 773. The van der Waals surface area contributed by atoms with Gasteiger partial charge in [-0.25, -0.2) is 4.39 Å². The Labute approximate surface area is 157 Å². The number of hydrogen-bond acceptors (Lipinski definition) is 4. The summed E-state index contributed by atoms with van der Waals surface area (Å²) in [5, 5.41) is 21.6. The summed E-state index contributed by atoms with van der Waals surface area (Å²) in [6.45, 7) is 0.804. The van der Waals surface area contributed by atoms with E-state index in [2.05, 4.69) is 5.32 Å². The van der Waals surface area contributed by atoms with Crippen molar-refractivity contribution in [2.75, 3.05) is 11.4 Å². The highest BCUT2D eigenvalue weighted by molar-refractivity contribution is 6.43. The maximum Gasteiger partial charge on any atom is 0.475 e. The Morgan fingerprint density at radius 2 is 1.74 bits per heavy atom. The van der Waals surface area contributed by atoms with Crippen LogP contribution in [0.1, 0.15) is 18.9 Å². The summed E-state index contributed by atoms with van der Waals surface area (Å²) < 4.78 is 13.9. The summed E-state index contributed by atoms with van der Waals surface area (Å²) >= 11 is 0. The largest absolute Gasteiger partial charge is 0.475 e. The number of aryl methyl sites for hydroxylation is 1. The third-order valence-corrected chi connectivity index (χ3v) is 4.12. The first-order chi connectivity index (χ1) is 12.9. The Morgan fingerprint density at radius 3 is 2.33 bits per heavy atom. The van der Waals surface area contributed by atoms with Gasteiger partial charge in [0.1, 0.15) is 12.4 Å². The Hall–Kier alpha value is -2.71. The quantitative estimate of drug-likeness (QED) is 0.610. The number of anilines is 1. The number of nitrogens with zero attached hydrogens (tertiary/aromatic N) is 1. The molecule has 0 radical (unpaired) electrons. The molecule has 142 valence electrons. The zero-order valence-electron chi connectivity index (χ0n) is 15.0. The standard InChI is InChI=1S/C19H22BFN2O4/c1-14(24)23(17-10-6-5-9-16(17)21)13-19(25)22-18(20(26)27)12-11-15-7-3-2-4-8-15/h2-10,18,26-27H,11-13H2,1H3,(H,22,25). The lowest BCUT2D eigenvalue weighted by molar-refractivity contribution is -0.123. The molecule has 6 nitrogen and oxygen atoms in total. The summed E-state index contributed by atoms with van der Waals surface area (Å²) in [6, 6.07) is 15.1. The smallest absolute Gasteiger partial charge is 0.426 e. The highest BCUT2D eigenvalue weighted by Gasteiger charge is 2.27. The van der Waals surface area contributed by atoms with Crippen LogP contribution in [0, 0.1) is 5.82 Å². The van der Waals surface area contributed by atoms with Crippen LogP contribution in [0.15, 0.2) is 54.6 Å². The van der Waals surface area contributed by atoms with Gasteiger partial charge in [0.05, 0.1) is 11.6 Å². The number of halogens is 1. The Morgan fingerprint density at radius 1 is 1.11 bits per heavy atom. The maximum absolute atomic E-state index is 13.9. The van der Waals surface area contributed by atoms with Crippen LogP contribution in [-0.2, 0) is 16.0 Å². The van der Waals surface area contributed by atoms with Gasteiger partial charge in [0.2, 0.25) is 11.8 Å². The van der Waals surface area contributed by atoms with E-state index in [1.54, 1.807) is 6.07 Å². The second kappa shape index (κ2) is 9.84. The van der Waals surface area contributed by atoms with Gasteiger partial charge in [-0.15, -0.1) is 0 Å². The van der Waals surface area contributed by atoms with Crippen molar-refractivity contribution in [3.05, 3.63) is 66.0 Å². The minimum absolute atomic E-state index is 0.00877. The lowest BCUT2D eigenvalue weighted by Crippen LogP contribution is -2.50. The molecule has 2 aromatic carbocycles. The highest BCUT2D eigenvalue weighted by Crippen LogP contribution is 2.18. The lowest BCUT2D eigenvalue weighted by atomic mass is 9.76. The molecule has 0 aliphatic rings. The van der Waals surface area contributed by atoms with Gasteiger partial charge in [-0.3, -0.25) is 9.59 Å². The fraction of sp³-hybridized carbons (Fsp3) is 0.263. The summed E-state index contributed by atoms with van der Waals surface area (Å²) in [4.78, 5) is 25.2. The van der Waals surface area contributed by atoms with E-state index < -0.39 is 37.2 Å². The van der Waals surface area contributed by atoms with E-state index in [1.807, 2.05) is 30.3 Å². The van der Waals surface area contributed by atoms with Gasteiger partial charge in [0.25, 0.3) is 0 Å². The van der Waals surface area contributed by atoms with Crippen molar-refractivity contribution >= 4 is 24.6 Å². The first-order valence-corrected chi connectivity index (χ1v) is 8.60. The molecular formula is C19H22BFN2O4. The summed E-state index contributed by atoms with van der Waals surface area (Å²) in [5.41, 5.74) is 0.986. The Balaban J connectivity index is 2.01. The normalized spacial score (nSPS) is 11.6. The van der Waals surface area contributed by atoms with Crippen LogP contribution in [0.2, 0.25) is 0 Å². The Kier molecular flexibility index (Phi) is 7.51. The van der Waals surface area contributed by atoms with E-state index in [-0.39, 0.29) is 5.69 Å². The molecule has 2 rings (SSSR count). The third-order valence-electron chi connectivity index (χ3n) is 4.12. The number of carbonyl (C=O) groups excluding carboxylic acids is 2. The summed E-state index contributed by atoms with van der Waals surface area (Å²) in [6.07, 6.45) is 0.834. The van der Waals surface area contributed by atoms with Gasteiger partial charge in [-0.05, 0) is 30.5 Å². The number of rotatable bonds is 8. The molecule has 3 N–H and O–H groups in total. The van der Waals surface area contributed by atoms with E-state index in [0.29, 0.717) is 12.8 Å². The molecule has 2 amide bonds. The van der Waals surface area contributed by atoms with Gasteiger partial charge in [-0.1, -0.05) is 42.5 Å². The van der Waals surface area contributed by atoms with Gasteiger partial charge >= 0.3 is 7.12 Å². The zero-order valence-corrected chi connectivity index (χ0v) is 15.0. The number of para-hydroxylation sites is 1. The van der Waals surface area contributed by atoms with Gasteiger partial charge < -0.3 is 20.3 Å². The molecule has 0 fully saturated rings. The van der Waals surface area contributed by atoms with Gasteiger partial charge in [0.15, 0.2) is 0 Å². The molecule has 0 saturated heterocycles. The second-order valence-electron chi connectivity index (χ2n) is 6.17. The molecule has 2 aromatic rings. The molecule has 0 aliphatic heterocycles. The maximum atomic E-state index is 13.9. The van der Waals surface area contributed by atoms with E-state index in [9.17, 15) is 24.0 Å². The van der Waals surface area contributed by atoms with Crippen molar-refractivity contribution in [2.45, 2.75) is 25.7 Å². The molecule has 27 heavy (non-hydrogen) atoms. The van der Waals surface area contributed by atoms with Crippen molar-refractivity contribution in [2.24, 2.45) is 0 Å². The predicted octanol–water partition coefficient (Wildman–Crippen LogP) is 1.31. The number of amides is 2. The van der Waals surface area contributed by atoms with Crippen molar-refractivity contribution in [3.63, 3.8) is 0 Å². The first-order valence-electron chi connectivity index (χ1n) is 8.60. The van der Waals surface area contributed by atoms with E-state index in [0.717, 1.165) is 10.5 Å². The molecule has 1 unspecified atom stereocenters. The molecule has 0 spiro atoms. The van der Waals surface area contributed by atoms with Gasteiger partial charge in [0, 0.05) is 6.92 Å². The SMILES string of the molecule is CC(=O)N(CC(=O)NC(CCc1ccccc1)B(O)O)c1ccccc1F. The first kappa shape index (κ1) is 20.6. The van der Waals surface area contributed by atoms with Crippen molar-refractivity contribution in [1.82, 2.24) is 5.32 Å². The molecular weight excluding hydrogens is 350 g/mol.